The van der Waals surface area contributed by atoms with Gasteiger partial charge in [-0.3, -0.25) is 0 Å². The lowest BCUT2D eigenvalue weighted by molar-refractivity contribution is 0.460. The molecule has 1 N–H and O–H groups in total. The molecule has 1 atom stereocenters. The van der Waals surface area contributed by atoms with E-state index in [9.17, 15) is 5.11 Å². The Bertz CT molecular complexity index is 363. The Morgan fingerprint density at radius 1 is 1.27 bits per heavy atom. The molecule has 0 aromatic heterocycles. The molecule has 0 aliphatic heterocycles. The van der Waals surface area contributed by atoms with Crippen molar-refractivity contribution in [2.75, 3.05) is 0 Å². The van der Waals surface area contributed by atoms with Crippen LogP contribution in [0, 0.1) is 0 Å². The van der Waals surface area contributed by atoms with E-state index >= 15 is 0 Å². The molecule has 0 bridgehead atoms. The summed E-state index contributed by atoms with van der Waals surface area (Å²) < 4.78 is 0. The van der Waals surface area contributed by atoms with Crippen molar-refractivity contribution in [3.63, 3.8) is 0 Å². The first kappa shape index (κ1) is 13.0. The van der Waals surface area contributed by atoms with Gasteiger partial charge >= 0.3 is 0 Å². The topological polar surface area (TPSA) is 20.2 Å². The van der Waals surface area contributed by atoms with Crippen LogP contribution in [0.15, 0.2) is 6.07 Å². The highest BCUT2D eigenvalue weighted by molar-refractivity contribution is 6.48. The van der Waals surface area contributed by atoms with Crippen LogP contribution >= 0.6 is 34.8 Å². The fourth-order valence-electron chi connectivity index (χ4n) is 1.64. The molecular weight excluding hydrogens is 254 g/mol. The number of phenols is 1. The zero-order valence-electron chi connectivity index (χ0n) is 8.65. The summed E-state index contributed by atoms with van der Waals surface area (Å²) in [4.78, 5) is 0. The molecule has 1 rings (SSSR count). The van der Waals surface area contributed by atoms with Gasteiger partial charge in [-0.25, -0.2) is 0 Å². The molecule has 1 aromatic carbocycles. The number of halogens is 3. The molecule has 0 aliphatic carbocycles. The summed E-state index contributed by atoms with van der Waals surface area (Å²) in [6, 6.07) is 1.44. The lowest BCUT2D eigenvalue weighted by atomic mass is 9.95. The highest BCUT2D eigenvalue weighted by Crippen LogP contribution is 2.42. The highest BCUT2D eigenvalue weighted by Gasteiger charge is 2.18. The summed E-state index contributed by atoms with van der Waals surface area (Å²) >= 11 is 17.8. The summed E-state index contributed by atoms with van der Waals surface area (Å²) in [5.41, 5.74) is 0.688. The van der Waals surface area contributed by atoms with E-state index in [-0.39, 0.29) is 16.7 Å². The lowest BCUT2D eigenvalue weighted by Crippen LogP contribution is -1.96. The van der Waals surface area contributed by atoms with Crippen molar-refractivity contribution in [3.8, 4) is 5.75 Å². The standard InChI is InChI=1S/C11H13Cl3O/c1-3-4-6(2)9-8(15)5-7(12)10(13)11(9)14/h5-6,15H,3-4H2,1-2H3. The number of hydrogen-bond acceptors (Lipinski definition) is 1. The predicted octanol–water partition coefficient (Wildman–Crippen LogP) is 5.26. The Morgan fingerprint density at radius 3 is 2.40 bits per heavy atom. The minimum absolute atomic E-state index is 0.121. The summed E-state index contributed by atoms with van der Waals surface area (Å²) in [5.74, 6) is 0.299. The van der Waals surface area contributed by atoms with Crippen molar-refractivity contribution in [1.29, 1.82) is 0 Å². The second-order valence-corrected chi connectivity index (χ2v) is 4.77. The fourth-order valence-corrected chi connectivity index (χ4v) is 2.43. The van der Waals surface area contributed by atoms with Crippen molar-refractivity contribution in [3.05, 3.63) is 26.7 Å². The van der Waals surface area contributed by atoms with Crippen LogP contribution in [0.3, 0.4) is 0 Å². The molecular formula is C11H13Cl3O. The maximum Gasteiger partial charge on any atom is 0.122 e. The molecule has 1 aromatic rings. The van der Waals surface area contributed by atoms with Gasteiger partial charge in [-0.1, -0.05) is 55.1 Å². The second-order valence-electron chi connectivity index (χ2n) is 3.61. The van der Waals surface area contributed by atoms with Gasteiger partial charge < -0.3 is 5.11 Å². The van der Waals surface area contributed by atoms with Crippen LogP contribution in [-0.4, -0.2) is 5.11 Å². The van der Waals surface area contributed by atoms with Crippen LogP contribution in [0.2, 0.25) is 15.1 Å². The smallest absolute Gasteiger partial charge is 0.122 e. The van der Waals surface area contributed by atoms with E-state index in [1.54, 1.807) is 0 Å². The van der Waals surface area contributed by atoms with Crippen molar-refractivity contribution >= 4 is 34.8 Å². The van der Waals surface area contributed by atoms with Gasteiger partial charge in [0.2, 0.25) is 0 Å². The molecule has 4 heteroatoms. The Morgan fingerprint density at radius 2 is 1.87 bits per heavy atom. The maximum absolute atomic E-state index is 9.77. The van der Waals surface area contributed by atoms with E-state index in [1.807, 2.05) is 6.92 Å². The molecule has 0 heterocycles. The number of rotatable bonds is 3. The molecule has 1 unspecified atom stereocenters. The normalized spacial score (nSPS) is 12.9. The Hall–Kier alpha value is -0.110. The number of hydrogen-bond donors (Lipinski definition) is 1. The second kappa shape index (κ2) is 5.29. The quantitative estimate of drug-likeness (QED) is 0.741. The van der Waals surface area contributed by atoms with Crippen LogP contribution in [0.1, 0.15) is 38.2 Å². The van der Waals surface area contributed by atoms with Crippen LogP contribution in [0.5, 0.6) is 5.75 Å². The van der Waals surface area contributed by atoms with Crippen molar-refractivity contribution in [1.82, 2.24) is 0 Å². The van der Waals surface area contributed by atoms with Crippen LogP contribution in [0.4, 0.5) is 0 Å². The molecule has 0 saturated carbocycles. The van der Waals surface area contributed by atoms with Gasteiger partial charge in [-0.05, 0) is 12.3 Å². The Labute approximate surface area is 105 Å². The van der Waals surface area contributed by atoms with Gasteiger partial charge in [-0.15, -0.1) is 0 Å². The predicted molar refractivity (Wildman–Crippen MR) is 66.5 cm³/mol. The van der Waals surface area contributed by atoms with Crippen LogP contribution in [-0.2, 0) is 0 Å². The molecule has 0 saturated heterocycles. The van der Waals surface area contributed by atoms with Crippen LogP contribution in [0.25, 0.3) is 0 Å². The molecule has 0 spiro atoms. The van der Waals surface area contributed by atoms with Crippen molar-refractivity contribution in [2.45, 2.75) is 32.6 Å². The zero-order chi connectivity index (χ0) is 11.6. The third-order valence-electron chi connectivity index (χ3n) is 2.39. The lowest BCUT2D eigenvalue weighted by Gasteiger charge is -2.16. The van der Waals surface area contributed by atoms with E-state index < -0.39 is 0 Å². The summed E-state index contributed by atoms with van der Waals surface area (Å²) in [6.07, 6.45) is 1.97. The van der Waals surface area contributed by atoms with Gasteiger partial charge in [0.25, 0.3) is 0 Å². The average molecular weight is 268 g/mol. The minimum Gasteiger partial charge on any atom is -0.508 e. The fraction of sp³-hybridized carbons (Fsp3) is 0.455. The first-order valence-corrected chi connectivity index (χ1v) is 5.98. The molecule has 0 radical (unpaired) electrons. The van der Waals surface area contributed by atoms with E-state index in [0.29, 0.717) is 15.6 Å². The van der Waals surface area contributed by atoms with Gasteiger partial charge in [0.15, 0.2) is 0 Å². The summed E-state index contributed by atoms with van der Waals surface area (Å²) in [7, 11) is 0. The average Bonchev–Trinajstić information content (AvgIpc) is 2.15. The zero-order valence-corrected chi connectivity index (χ0v) is 10.9. The first-order valence-electron chi connectivity index (χ1n) is 4.85. The molecule has 0 aliphatic rings. The van der Waals surface area contributed by atoms with Gasteiger partial charge in [0.1, 0.15) is 5.75 Å². The number of phenolic OH excluding ortho intramolecular Hbond substituents is 1. The number of aromatic hydroxyl groups is 1. The monoisotopic (exact) mass is 266 g/mol. The van der Waals surface area contributed by atoms with Crippen LogP contribution < -0.4 is 0 Å². The largest absolute Gasteiger partial charge is 0.508 e. The van der Waals surface area contributed by atoms with E-state index in [1.165, 1.54) is 6.07 Å². The van der Waals surface area contributed by atoms with E-state index in [2.05, 4.69) is 6.92 Å². The third-order valence-corrected chi connectivity index (χ3v) is 3.67. The third kappa shape index (κ3) is 2.72. The molecule has 84 valence electrons. The summed E-state index contributed by atoms with van der Waals surface area (Å²) in [5, 5.41) is 10.7. The molecule has 0 amide bonds. The highest BCUT2D eigenvalue weighted by atomic mass is 35.5. The van der Waals surface area contributed by atoms with Gasteiger partial charge in [-0.2, -0.15) is 0 Å². The van der Waals surface area contributed by atoms with Crippen molar-refractivity contribution in [2.24, 2.45) is 0 Å². The Balaban J connectivity index is 3.23. The minimum atomic E-state index is 0.121. The van der Waals surface area contributed by atoms with Gasteiger partial charge in [0, 0.05) is 11.6 Å². The number of benzene rings is 1. The molecule has 0 fully saturated rings. The Kier molecular flexibility index (Phi) is 4.57. The summed E-state index contributed by atoms with van der Waals surface area (Å²) in [6.45, 7) is 4.09. The van der Waals surface area contributed by atoms with Gasteiger partial charge in [0.05, 0.1) is 15.1 Å². The van der Waals surface area contributed by atoms with E-state index in [0.717, 1.165) is 12.8 Å². The molecule has 15 heavy (non-hydrogen) atoms. The van der Waals surface area contributed by atoms with E-state index in [4.69, 9.17) is 34.8 Å². The molecule has 1 nitrogen and oxygen atoms in total. The van der Waals surface area contributed by atoms with Crippen molar-refractivity contribution < 1.29 is 5.11 Å². The maximum atomic E-state index is 9.77. The SMILES string of the molecule is CCCC(C)c1c(O)cc(Cl)c(Cl)c1Cl. The first-order chi connectivity index (χ1) is 6.99.